The molecule has 0 bridgehead atoms. The molecule has 2 aromatic carbocycles. The number of nitrogens with zero attached hydrogens (tertiary/aromatic N) is 1. The van der Waals surface area contributed by atoms with E-state index in [0.717, 1.165) is 4.90 Å². The van der Waals surface area contributed by atoms with E-state index in [4.69, 9.17) is 23.2 Å². The van der Waals surface area contributed by atoms with Crippen molar-refractivity contribution < 1.29 is 14.4 Å². The molecule has 1 aliphatic rings. The summed E-state index contributed by atoms with van der Waals surface area (Å²) in [6.07, 6.45) is 0. The summed E-state index contributed by atoms with van der Waals surface area (Å²) < 4.78 is 0. The predicted molar refractivity (Wildman–Crippen MR) is 102 cm³/mol. The van der Waals surface area contributed by atoms with E-state index in [2.05, 4.69) is 5.32 Å². The number of Topliss-reactive ketones (excluding diaryl/α,β-unsaturated/α-hetero) is 1. The van der Waals surface area contributed by atoms with E-state index in [1.165, 1.54) is 6.92 Å². The molecule has 1 heterocycles. The first-order valence-corrected chi connectivity index (χ1v) is 8.48. The van der Waals surface area contributed by atoms with Crippen molar-refractivity contribution in [2.75, 3.05) is 10.2 Å². The number of carbonyl (C=O) groups is 3. The maximum absolute atomic E-state index is 12.8. The predicted octanol–water partition coefficient (Wildman–Crippen LogP) is 4.29. The van der Waals surface area contributed by atoms with Gasteiger partial charge in [0, 0.05) is 16.3 Å². The van der Waals surface area contributed by atoms with E-state index in [1.54, 1.807) is 49.4 Å². The number of rotatable bonds is 4. The van der Waals surface area contributed by atoms with E-state index in [0.29, 0.717) is 27.5 Å². The monoisotopic (exact) mass is 388 g/mol. The van der Waals surface area contributed by atoms with Crippen molar-refractivity contribution in [1.29, 1.82) is 0 Å². The summed E-state index contributed by atoms with van der Waals surface area (Å²) in [6.45, 7) is 3.18. The van der Waals surface area contributed by atoms with Crippen molar-refractivity contribution in [3.8, 4) is 0 Å². The third-order valence-electron chi connectivity index (χ3n) is 4.07. The Morgan fingerprint density at radius 1 is 1.00 bits per heavy atom. The zero-order valence-corrected chi connectivity index (χ0v) is 15.5. The fraction of sp³-hybridized carbons (Fsp3) is 0.105. The van der Waals surface area contributed by atoms with Crippen LogP contribution < -0.4 is 10.2 Å². The molecule has 0 unspecified atom stereocenters. The number of hydrogen-bond acceptors (Lipinski definition) is 4. The maximum Gasteiger partial charge on any atom is 0.283 e. The highest BCUT2D eigenvalue weighted by Gasteiger charge is 2.39. The SMILES string of the molecule is CC(=O)c1ccc(NC2=C(Cl)C(=O)N(c3cccc(Cl)c3C)C2=O)cc1. The Balaban J connectivity index is 1.91. The second-order valence-corrected chi connectivity index (χ2v) is 6.56. The molecule has 0 spiro atoms. The van der Waals surface area contributed by atoms with Gasteiger partial charge in [0.1, 0.15) is 10.7 Å². The number of imide groups is 1. The van der Waals surface area contributed by atoms with Crippen LogP contribution in [0.1, 0.15) is 22.8 Å². The third kappa shape index (κ3) is 3.11. The van der Waals surface area contributed by atoms with Gasteiger partial charge in [-0.15, -0.1) is 0 Å². The molecule has 5 nitrogen and oxygen atoms in total. The van der Waals surface area contributed by atoms with Crippen LogP contribution in [-0.4, -0.2) is 17.6 Å². The zero-order chi connectivity index (χ0) is 19.0. The van der Waals surface area contributed by atoms with E-state index in [9.17, 15) is 14.4 Å². The molecule has 3 rings (SSSR count). The molecule has 1 aliphatic heterocycles. The van der Waals surface area contributed by atoms with Crippen molar-refractivity contribution in [3.05, 3.63) is 69.3 Å². The summed E-state index contributed by atoms with van der Waals surface area (Å²) >= 11 is 12.2. The molecule has 1 N–H and O–H groups in total. The van der Waals surface area contributed by atoms with Crippen LogP contribution in [0.4, 0.5) is 11.4 Å². The minimum atomic E-state index is -0.620. The third-order valence-corrected chi connectivity index (χ3v) is 4.83. The van der Waals surface area contributed by atoms with E-state index < -0.39 is 11.8 Å². The van der Waals surface area contributed by atoms with Gasteiger partial charge in [0.2, 0.25) is 0 Å². The summed E-state index contributed by atoms with van der Waals surface area (Å²) in [5.41, 5.74) is 2.04. The number of hydrogen-bond donors (Lipinski definition) is 1. The number of ketones is 1. The maximum atomic E-state index is 12.8. The summed E-state index contributed by atoms with van der Waals surface area (Å²) in [5, 5.41) is 3.10. The lowest BCUT2D eigenvalue weighted by atomic mass is 10.1. The average molecular weight is 389 g/mol. The Kier molecular flexibility index (Phi) is 4.85. The Hall–Kier alpha value is -2.63. The van der Waals surface area contributed by atoms with Crippen molar-refractivity contribution >= 4 is 52.2 Å². The molecule has 2 amide bonds. The number of amides is 2. The molecule has 0 atom stereocenters. The topological polar surface area (TPSA) is 66.5 Å². The van der Waals surface area contributed by atoms with Crippen LogP contribution in [0.25, 0.3) is 0 Å². The smallest absolute Gasteiger partial charge is 0.283 e. The van der Waals surface area contributed by atoms with Crippen molar-refractivity contribution in [3.63, 3.8) is 0 Å². The number of anilines is 2. The largest absolute Gasteiger partial charge is 0.350 e. The molecule has 0 radical (unpaired) electrons. The van der Waals surface area contributed by atoms with Crippen LogP contribution in [0, 0.1) is 6.92 Å². The fourth-order valence-corrected chi connectivity index (χ4v) is 2.98. The van der Waals surface area contributed by atoms with Crippen LogP contribution in [0.2, 0.25) is 5.02 Å². The average Bonchev–Trinajstić information content (AvgIpc) is 2.82. The first-order valence-electron chi connectivity index (χ1n) is 7.73. The molecular formula is C19H14Cl2N2O3. The van der Waals surface area contributed by atoms with Crippen LogP contribution in [0.5, 0.6) is 0 Å². The molecule has 26 heavy (non-hydrogen) atoms. The summed E-state index contributed by atoms with van der Waals surface area (Å²) in [4.78, 5) is 37.6. The molecule has 0 saturated heterocycles. The van der Waals surface area contributed by atoms with E-state index in [1.807, 2.05) is 0 Å². The summed E-state index contributed by atoms with van der Waals surface area (Å²) in [5.74, 6) is -1.26. The highest BCUT2D eigenvalue weighted by Crippen LogP contribution is 2.34. The van der Waals surface area contributed by atoms with Gasteiger partial charge in [-0.2, -0.15) is 0 Å². The highest BCUT2D eigenvalue weighted by molar-refractivity contribution is 6.53. The molecular weight excluding hydrogens is 375 g/mol. The second kappa shape index (κ2) is 6.94. The van der Waals surface area contributed by atoms with Crippen molar-refractivity contribution in [2.45, 2.75) is 13.8 Å². The first kappa shape index (κ1) is 18.2. The number of benzene rings is 2. The number of carbonyl (C=O) groups excluding carboxylic acids is 3. The van der Waals surface area contributed by atoms with Gasteiger partial charge in [0.15, 0.2) is 5.78 Å². The number of halogens is 2. The molecule has 0 aliphatic carbocycles. The lowest BCUT2D eigenvalue weighted by Gasteiger charge is -2.18. The minimum absolute atomic E-state index is 0.0217. The van der Waals surface area contributed by atoms with Gasteiger partial charge >= 0.3 is 0 Å². The first-order chi connectivity index (χ1) is 12.3. The van der Waals surface area contributed by atoms with Gasteiger partial charge in [0.25, 0.3) is 11.8 Å². The minimum Gasteiger partial charge on any atom is -0.350 e. The fourth-order valence-electron chi connectivity index (χ4n) is 2.60. The van der Waals surface area contributed by atoms with Crippen LogP contribution in [0.15, 0.2) is 53.2 Å². The van der Waals surface area contributed by atoms with Crippen molar-refractivity contribution in [2.24, 2.45) is 0 Å². The van der Waals surface area contributed by atoms with Gasteiger partial charge in [-0.3, -0.25) is 14.4 Å². The molecule has 2 aromatic rings. The standard InChI is InChI=1S/C19H14Cl2N2O3/c1-10-14(20)4-3-5-15(10)23-18(25)16(21)17(19(23)26)22-13-8-6-12(7-9-13)11(2)24/h3-9,22H,1-2H3. The van der Waals surface area contributed by atoms with Crippen LogP contribution in [0.3, 0.4) is 0 Å². The Labute approximate surface area is 160 Å². The van der Waals surface area contributed by atoms with Gasteiger partial charge in [-0.25, -0.2) is 4.90 Å². The van der Waals surface area contributed by atoms with Crippen LogP contribution in [-0.2, 0) is 9.59 Å². The molecule has 132 valence electrons. The van der Waals surface area contributed by atoms with Crippen molar-refractivity contribution in [1.82, 2.24) is 0 Å². The number of nitrogens with one attached hydrogen (secondary N) is 1. The Morgan fingerprint density at radius 2 is 1.65 bits per heavy atom. The van der Waals surface area contributed by atoms with Gasteiger partial charge < -0.3 is 5.32 Å². The summed E-state index contributed by atoms with van der Waals surface area (Å²) in [7, 11) is 0. The molecule has 0 fully saturated rings. The Bertz CT molecular complexity index is 965. The van der Waals surface area contributed by atoms with E-state index >= 15 is 0 Å². The quantitative estimate of drug-likeness (QED) is 0.626. The second-order valence-electron chi connectivity index (χ2n) is 5.78. The van der Waals surface area contributed by atoms with Crippen LogP contribution >= 0.6 is 23.2 Å². The molecule has 0 saturated carbocycles. The van der Waals surface area contributed by atoms with Gasteiger partial charge in [-0.05, 0) is 55.8 Å². The van der Waals surface area contributed by atoms with E-state index in [-0.39, 0.29) is 16.5 Å². The lowest BCUT2D eigenvalue weighted by molar-refractivity contribution is -0.120. The molecule has 7 heteroatoms. The zero-order valence-electron chi connectivity index (χ0n) is 14.0. The summed E-state index contributed by atoms with van der Waals surface area (Å²) in [6, 6.07) is 11.5. The lowest BCUT2D eigenvalue weighted by Crippen LogP contribution is -2.32. The highest BCUT2D eigenvalue weighted by atomic mass is 35.5. The van der Waals surface area contributed by atoms with Gasteiger partial charge in [0.05, 0.1) is 5.69 Å². The van der Waals surface area contributed by atoms with Gasteiger partial charge in [-0.1, -0.05) is 29.3 Å². The normalized spacial score (nSPS) is 14.2. The molecule has 0 aromatic heterocycles. The Morgan fingerprint density at radius 3 is 2.27 bits per heavy atom.